The summed E-state index contributed by atoms with van der Waals surface area (Å²) < 4.78 is 13.7. The summed E-state index contributed by atoms with van der Waals surface area (Å²) in [6.07, 6.45) is 1.71. The Morgan fingerprint density at radius 3 is 2.90 bits per heavy atom. The van der Waals surface area contributed by atoms with Crippen molar-refractivity contribution in [3.8, 4) is 11.5 Å². The Kier molecular flexibility index (Phi) is 6.03. The van der Waals surface area contributed by atoms with E-state index >= 15 is 0 Å². The number of carbonyl (C=O) groups is 1. The Hall–Kier alpha value is -2.87. The van der Waals surface area contributed by atoms with Gasteiger partial charge in [-0.3, -0.25) is 14.2 Å². The first-order valence-corrected chi connectivity index (χ1v) is 10.7. The van der Waals surface area contributed by atoms with Crippen LogP contribution in [0.25, 0.3) is 10.9 Å². The Bertz CT molecular complexity index is 1140. The summed E-state index contributed by atoms with van der Waals surface area (Å²) in [5.74, 6) is 1.38. The Labute approximate surface area is 182 Å². The van der Waals surface area contributed by atoms with Gasteiger partial charge in [-0.25, -0.2) is 4.98 Å². The summed E-state index contributed by atoms with van der Waals surface area (Å²) in [6, 6.07) is 11.1. The maximum absolute atomic E-state index is 12.9. The number of carbonyl (C=O) groups excluding carboxylic acids is 1. The zero-order valence-corrected chi connectivity index (χ0v) is 18.2. The summed E-state index contributed by atoms with van der Waals surface area (Å²) in [5.41, 5.74) is 1.40. The molecule has 7 nitrogen and oxygen atoms in total. The molecule has 4 rings (SSSR count). The van der Waals surface area contributed by atoms with Crippen LogP contribution in [0.3, 0.4) is 0 Å². The highest BCUT2D eigenvalue weighted by molar-refractivity contribution is 9.10. The molecule has 0 spiro atoms. The average Bonchev–Trinajstić information content (AvgIpc) is 2.77. The first-order chi connectivity index (χ1) is 14.6. The van der Waals surface area contributed by atoms with Crippen molar-refractivity contribution in [3.05, 3.63) is 63.1 Å². The van der Waals surface area contributed by atoms with Crippen molar-refractivity contribution in [2.24, 2.45) is 0 Å². The standard InChI is InChI=1S/C22H22BrN3O4/c1-2-25(13-15-4-3-5-19-21(15)30-11-10-29-19)20(27)8-9-26-14-24-18-7-6-16(23)12-17(18)22(26)28/h3-7,12,14H,2,8-11,13H2,1H3. The van der Waals surface area contributed by atoms with Gasteiger partial charge in [0.25, 0.3) is 5.56 Å². The third kappa shape index (κ3) is 4.18. The van der Waals surface area contributed by atoms with Gasteiger partial charge in [-0.15, -0.1) is 0 Å². The number of aromatic nitrogens is 2. The molecule has 2 aromatic carbocycles. The van der Waals surface area contributed by atoms with E-state index in [1.165, 1.54) is 10.9 Å². The lowest BCUT2D eigenvalue weighted by Crippen LogP contribution is -2.32. The molecule has 0 unspecified atom stereocenters. The molecule has 0 fully saturated rings. The molecule has 1 aromatic heterocycles. The maximum atomic E-state index is 12.9. The van der Waals surface area contributed by atoms with Crippen LogP contribution < -0.4 is 15.0 Å². The van der Waals surface area contributed by atoms with E-state index in [1.807, 2.05) is 31.2 Å². The van der Waals surface area contributed by atoms with Crippen LogP contribution in [-0.2, 0) is 17.9 Å². The number of amides is 1. The van der Waals surface area contributed by atoms with E-state index in [9.17, 15) is 9.59 Å². The normalized spacial score (nSPS) is 12.7. The molecule has 30 heavy (non-hydrogen) atoms. The van der Waals surface area contributed by atoms with E-state index in [-0.39, 0.29) is 24.4 Å². The number of aryl methyl sites for hydroxylation is 1. The third-order valence-corrected chi connectivity index (χ3v) is 5.59. The van der Waals surface area contributed by atoms with Crippen molar-refractivity contribution in [2.45, 2.75) is 26.4 Å². The number of rotatable bonds is 6. The number of hydrogen-bond donors (Lipinski definition) is 0. The van der Waals surface area contributed by atoms with E-state index in [0.29, 0.717) is 48.7 Å². The molecule has 8 heteroatoms. The zero-order chi connectivity index (χ0) is 21.1. The SMILES string of the molecule is CCN(Cc1cccc2c1OCCO2)C(=O)CCn1cnc2ccc(Br)cc2c1=O. The second-order valence-corrected chi connectivity index (χ2v) is 7.92. The van der Waals surface area contributed by atoms with Gasteiger partial charge in [0.1, 0.15) is 13.2 Å². The maximum Gasteiger partial charge on any atom is 0.261 e. The van der Waals surface area contributed by atoms with Crippen LogP contribution in [0, 0.1) is 0 Å². The third-order valence-electron chi connectivity index (χ3n) is 5.10. The minimum absolute atomic E-state index is 0.0342. The van der Waals surface area contributed by atoms with Gasteiger partial charge in [0, 0.05) is 36.1 Å². The number of ether oxygens (including phenoxy) is 2. The summed E-state index contributed by atoms with van der Waals surface area (Å²) in [7, 11) is 0. The van der Waals surface area contributed by atoms with Crippen LogP contribution in [0.5, 0.6) is 11.5 Å². The van der Waals surface area contributed by atoms with Crippen molar-refractivity contribution < 1.29 is 14.3 Å². The number of para-hydroxylation sites is 1. The minimum Gasteiger partial charge on any atom is -0.486 e. The molecular formula is C22H22BrN3O4. The molecule has 0 N–H and O–H groups in total. The van der Waals surface area contributed by atoms with Crippen LogP contribution in [-0.4, -0.2) is 40.1 Å². The summed E-state index contributed by atoms with van der Waals surface area (Å²) in [5, 5.41) is 0.528. The summed E-state index contributed by atoms with van der Waals surface area (Å²) in [6.45, 7) is 4.22. The Morgan fingerprint density at radius 1 is 1.23 bits per heavy atom. The van der Waals surface area contributed by atoms with Gasteiger partial charge in [-0.2, -0.15) is 0 Å². The molecule has 0 atom stereocenters. The van der Waals surface area contributed by atoms with Gasteiger partial charge in [-0.05, 0) is 31.2 Å². The second-order valence-electron chi connectivity index (χ2n) is 7.00. The van der Waals surface area contributed by atoms with Gasteiger partial charge >= 0.3 is 0 Å². The highest BCUT2D eigenvalue weighted by Crippen LogP contribution is 2.34. The monoisotopic (exact) mass is 471 g/mol. The number of nitrogens with zero attached hydrogens (tertiary/aromatic N) is 3. The quantitative estimate of drug-likeness (QED) is 0.550. The van der Waals surface area contributed by atoms with Crippen LogP contribution in [0.15, 0.2) is 52.0 Å². The van der Waals surface area contributed by atoms with Gasteiger partial charge in [0.15, 0.2) is 11.5 Å². The van der Waals surface area contributed by atoms with Crippen LogP contribution >= 0.6 is 15.9 Å². The van der Waals surface area contributed by atoms with Crippen LogP contribution in [0.2, 0.25) is 0 Å². The molecule has 3 aromatic rings. The first kappa shape index (κ1) is 20.4. The molecule has 156 valence electrons. The van der Waals surface area contributed by atoms with Gasteiger partial charge in [-0.1, -0.05) is 28.1 Å². The highest BCUT2D eigenvalue weighted by Gasteiger charge is 2.19. The first-order valence-electron chi connectivity index (χ1n) is 9.86. The highest BCUT2D eigenvalue weighted by atomic mass is 79.9. The van der Waals surface area contributed by atoms with Crippen molar-refractivity contribution in [2.75, 3.05) is 19.8 Å². The summed E-state index contributed by atoms with van der Waals surface area (Å²) in [4.78, 5) is 31.7. The lowest BCUT2D eigenvalue weighted by atomic mass is 10.1. The molecular weight excluding hydrogens is 450 g/mol. The van der Waals surface area contributed by atoms with Gasteiger partial charge in [0.2, 0.25) is 5.91 Å². The van der Waals surface area contributed by atoms with E-state index in [1.54, 1.807) is 17.0 Å². The minimum atomic E-state index is -0.153. The molecule has 2 heterocycles. The van der Waals surface area contributed by atoms with Gasteiger partial charge < -0.3 is 14.4 Å². The average molecular weight is 472 g/mol. The van der Waals surface area contributed by atoms with Crippen molar-refractivity contribution >= 4 is 32.7 Å². The second kappa shape index (κ2) is 8.87. The zero-order valence-electron chi connectivity index (χ0n) is 16.6. The van der Waals surface area contributed by atoms with E-state index in [4.69, 9.17) is 9.47 Å². The molecule has 1 aliphatic rings. The fourth-order valence-corrected chi connectivity index (χ4v) is 3.87. The van der Waals surface area contributed by atoms with Crippen molar-refractivity contribution in [1.29, 1.82) is 0 Å². The topological polar surface area (TPSA) is 73.7 Å². The molecule has 0 saturated heterocycles. The van der Waals surface area contributed by atoms with E-state index < -0.39 is 0 Å². The van der Waals surface area contributed by atoms with E-state index in [0.717, 1.165) is 10.0 Å². The molecule has 0 radical (unpaired) electrons. The van der Waals surface area contributed by atoms with Crippen LogP contribution in [0.1, 0.15) is 18.9 Å². The number of fused-ring (bicyclic) bond motifs is 2. The van der Waals surface area contributed by atoms with E-state index in [2.05, 4.69) is 20.9 Å². The molecule has 0 saturated carbocycles. The molecule has 0 bridgehead atoms. The van der Waals surface area contributed by atoms with Crippen LogP contribution in [0.4, 0.5) is 0 Å². The smallest absolute Gasteiger partial charge is 0.261 e. The Morgan fingerprint density at radius 2 is 2.07 bits per heavy atom. The molecule has 1 amide bonds. The Balaban J connectivity index is 1.47. The lowest BCUT2D eigenvalue weighted by molar-refractivity contribution is -0.131. The van der Waals surface area contributed by atoms with Gasteiger partial charge in [0.05, 0.1) is 17.2 Å². The number of benzene rings is 2. The number of halogens is 1. The van der Waals surface area contributed by atoms with Crippen molar-refractivity contribution in [1.82, 2.24) is 14.5 Å². The lowest BCUT2D eigenvalue weighted by Gasteiger charge is -2.25. The molecule has 0 aliphatic carbocycles. The molecule has 1 aliphatic heterocycles. The predicted molar refractivity (Wildman–Crippen MR) is 117 cm³/mol. The fraction of sp³-hybridized carbons (Fsp3) is 0.318. The fourth-order valence-electron chi connectivity index (χ4n) is 3.51. The van der Waals surface area contributed by atoms with Crippen molar-refractivity contribution in [3.63, 3.8) is 0 Å². The summed E-state index contributed by atoms with van der Waals surface area (Å²) >= 11 is 3.38. The number of hydrogen-bond acceptors (Lipinski definition) is 5. The largest absolute Gasteiger partial charge is 0.486 e. The predicted octanol–water partition coefficient (Wildman–Crippen LogP) is 3.37.